The van der Waals surface area contributed by atoms with E-state index < -0.39 is 0 Å². The summed E-state index contributed by atoms with van der Waals surface area (Å²) in [4.78, 5) is 2.13. The quantitative estimate of drug-likeness (QED) is 0.849. The maximum Gasteiger partial charge on any atom is 0.0608 e. The van der Waals surface area contributed by atoms with Crippen LogP contribution in [-0.4, -0.2) is 30.4 Å². The minimum Gasteiger partial charge on any atom is -0.378 e. The molecular formula is C17H26N4. The van der Waals surface area contributed by atoms with E-state index in [1.165, 1.54) is 16.8 Å². The molecule has 1 heterocycles. The lowest BCUT2D eigenvalue weighted by molar-refractivity contribution is 0.597. The predicted molar refractivity (Wildman–Crippen MR) is 88.8 cm³/mol. The summed E-state index contributed by atoms with van der Waals surface area (Å²) in [7, 11) is 4.14. The molecule has 2 aromatic rings. The number of nitrogens with zero attached hydrogens (tertiary/aromatic N) is 3. The second kappa shape index (κ2) is 7.27. The number of aryl methyl sites for hydroxylation is 1. The molecule has 1 aromatic heterocycles. The zero-order chi connectivity index (χ0) is 15.2. The molecule has 2 rings (SSSR count). The van der Waals surface area contributed by atoms with Crippen LogP contribution in [0.2, 0.25) is 0 Å². The Bertz CT molecular complexity index is 559. The van der Waals surface area contributed by atoms with Crippen LogP contribution in [-0.2, 0) is 6.54 Å². The molecule has 114 valence electrons. The first kappa shape index (κ1) is 15.6. The Morgan fingerprint density at radius 3 is 2.71 bits per heavy atom. The molecule has 0 saturated carbocycles. The minimum atomic E-state index is 0.195. The van der Waals surface area contributed by atoms with Gasteiger partial charge in [-0.1, -0.05) is 26.0 Å². The van der Waals surface area contributed by atoms with Gasteiger partial charge < -0.3 is 10.2 Å². The van der Waals surface area contributed by atoms with Gasteiger partial charge in [0.1, 0.15) is 0 Å². The standard InChI is InChI=1S/C17H26N4/c1-5-10-21-13-15(12-19-21)17(18-6-2)14-8-7-9-16(11-14)20(3)4/h7-9,11-13,17-18H,5-6,10H2,1-4H3. The van der Waals surface area contributed by atoms with Crippen LogP contribution in [0.3, 0.4) is 0 Å². The average Bonchev–Trinajstić information content (AvgIpc) is 2.93. The Morgan fingerprint density at radius 1 is 1.24 bits per heavy atom. The summed E-state index contributed by atoms with van der Waals surface area (Å²) < 4.78 is 2.02. The van der Waals surface area contributed by atoms with E-state index in [9.17, 15) is 0 Å². The monoisotopic (exact) mass is 286 g/mol. The molecule has 0 fully saturated rings. The zero-order valence-corrected chi connectivity index (χ0v) is 13.5. The predicted octanol–water partition coefficient (Wildman–Crippen LogP) is 3.06. The van der Waals surface area contributed by atoms with Crippen LogP contribution >= 0.6 is 0 Å². The Hall–Kier alpha value is -1.81. The summed E-state index contributed by atoms with van der Waals surface area (Å²) in [6.07, 6.45) is 5.23. The van der Waals surface area contributed by atoms with Gasteiger partial charge in [-0.05, 0) is 30.7 Å². The first-order valence-electron chi connectivity index (χ1n) is 7.68. The van der Waals surface area contributed by atoms with Gasteiger partial charge in [0.25, 0.3) is 0 Å². The van der Waals surface area contributed by atoms with Crippen LogP contribution in [0.5, 0.6) is 0 Å². The highest BCUT2D eigenvalue weighted by molar-refractivity contribution is 5.49. The molecule has 0 radical (unpaired) electrons. The number of anilines is 1. The molecule has 0 aliphatic rings. The van der Waals surface area contributed by atoms with Gasteiger partial charge in [0.15, 0.2) is 0 Å². The summed E-state index contributed by atoms with van der Waals surface area (Å²) >= 11 is 0. The summed E-state index contributed by atoms with van der Waals surface area (Å²) in [5.41, 5.74) is 3.72. The number of hydrogen-bond acceptors (Lipinski definition) is 3. The zero-order valence-electron chi connectivity index (χ0n) is 13.5. The van der Waals surface area contributed by atoms with Crippen LogP contribution in [0.4, 0.5) is 5.69 Å². The van der Waals surface area contributed by atoms with Crippen molar-refractivity contribution in [2.24, 2.45) is 0 Å². The van der Waals surface area contributed by atoms with E-state index >= 15 is 0 Å². The van der Waals surface area contributed by atoms with Gasteiger partial charge in [-0.3, -0.25) is 4.68 Å². The van der Waals surface area contributed by atoms with Crippen LogP contribution < -0.4 is 10.2 Å². The number of aromatic nitrogens is 2. The van der Waals surface area contributed by atoms with Gasteiger partial charge in [0.2, 0.25) is 0 Å². The van der Waals surface area contributed by atoms with E-state index in [1.54, 1.807) is 0 Å². The summed E-state index contributed by atoms with van der Waals surface area (Å²) in [5, 5.41) is 8.02. The molecular weight excluding hydrogens is 260 g/mol. The number of nitrogens with one attached hydrogen (secondary N) is 1. The molecule has 0 aliphatic heterocycles. The molecule has 0 saturated heterocycles. The fraction of sp³-hybridized carbons (Fsp3) is 0.471. The molecule has 0 amide bonds. The third-order valence-corrected chi connectivity index (χ3v) is 3.57. The molecule has 0 bridgehead atoms. The molecule has 1 aromatic carbocycles. The number of rotatable bonds is 7. The van der Waals surface area contributed by atoms with E-state index in [2.05, 4.69) is 73.7 Å². The van der Waals surface area contributed by atoms with Crippen LogP contribution in [0.15, 0.2) is 36.7 Å². The second-order valence-corrected chi connectivity index (χ2v) is 5.52. The third kappa shape index (κ3) is 3.85. The number of benzene rings is 1. The van der Waals surface area contributed by atoms with E-state index in [-0.39, 0.29) is 6.04 Å². The average molecular weight is 286 g/mol. The number of hydrogen-bond donors (Lipinski definition) is 1. The van der Waals surface area contributed by atoms with Gasteiger partial charge in [0, 0.05) is 38.1 Å². The maximum atomic E-state index is 4.46. The maximum absolute atomic E-state index is 4.46. The van der Waals surface area contributed by atoms with E-state index in [0.717, 1.165) is 19.5 Å². The SMILES string of the molecule is CCCn1cc(C(NCC)c2cccc(N(C)C)c2)cn1. The van der Waals surface area contributed by atoms with E-state index in [1.807, 2.05) is 10.9 Å². The van der Waals surface area contributed by atoms with Gasteiger partial charge in [-0.25, -0.2) is 0 Å². The van der Waals surface area contributed by atoms with Crippen molar-refractivity contribution < 1.29 is 0 Å². The lowest BCUT2D eigenvalue weighted by Gasteiger charge is -2.20. The molecule has 4 nitrogen and oxygen atoms in total. The fourth-order valence-electron chi connectivity index (χ4n) is 2.49. The summed E-state index contributed by atoms with van der Waals surface area (Å²) in [5.74, 6) is 0. The molecule has 1 atom stereocenters. The molecule has 1 N–H and O–H groups in total. The first-order valence-corrected chi connectivity index (χ1v) is 7.68. The smallest absolute Gasteiger partial charge is 0.0608 e. The van der Waals surface area contributed by atoms with Crippen LogP contribution in [0.1, 0.15) is 37.4 Å². The van der Waals surface area contributed by atoms with Gasteiger partial charge in [0.05, 0.1) is 12.2 Å². The lowest BCUT2D eigenvalue weighted by Crippen LogP contribution is -2.22. The highest BCUT2D eigenvalue weighted by Gasteiger charge is 2.15. The van der Waals surface area contributed by atoms with Crippen molar-refractivity contribution in [1.82, 2.24) is 15.1 Å². The topological polar surface area (TPSA) is 33.1 Å². The Morgan fingerprint density at radius 2 is 2.05 bits per heavy atom. The highest BCUT2D eigenvalue weighted by Crippen LogP contribution is 2.25. The van der Waals surface area contributed by atoms with Gasteiger partial charge >= 0.3 is 0 Å². The molecule has 1 unspecified atom stereocenters. The second-order valence-electron chi connectivity index (χ2n) is 5.52. The molecule has 0 aliphatic carbocycles. The fourth-order valence-corrected chi connectivity index (χ4v) is 2.49. The van der Waals surface area contributed by atoms with Crippen molar-refractivity contribution in [2.45, 2.75) is 32.9 Å². The van der Waals surface area contributed by atoms with Gasteiger partial charge in [-0.15, -0.1) is 0 Å². The minimum absolute atomic E-state index is 0.195. The van der Waals surface area contributed by atoms with E-state index in [0.29, 0.717) is 0 Å². The molecule has 4 heteroatoms. The van der Waals surface area contributed by atoms with Crippen molar-refractivity contribution in [3.63, 3.8) is 0 Å². The normalized spacial score (nSPS) is 12.4. The van der Waals surface area contributed by atoms with Crippen molar-refractivity contribution in [3.8, 4) is 0 Å². The van der Waals surface area contributed by atoms with Crippen LogP contribution in [0, 0.1) is 0 Å². The van der Waals surface area contributed by atoms with Crippen molar-refractivity contribution >= 4 is 5.69 Å². The summed E-state index contributed by atoms with van der Waals surface area (Å²) in [6.45, 7) is 6.20. The third-order valence-electron chi connectivity index (χ3n) is 3.57. The first-order chi connectivity index (χ1) is 10.2. The van der Waals surface area contributed by atoms with E-state index in [4.69, 9.17) is 0 Å². The largest absolute Gasteiger partial charge is 0.378 e. The Balaban J connectivity index is 2.31. The Kier molecular flexibility index (Phi) is 5.39. The molecule has 21 heavy (non-hydrogen) atoms. The summed E-state index contributed by atoms with van der Waals surface area (Å²) in [6, 6.07) is 8.86. The van der Waals surface area contributed by atoms with Crippen molar-refractivity contribution in [1.29, 1.82) is 0 Å². The highest BCUT2D eigenvalue weighted by atomic mass is 15.3. The van der Waals surface area contributed by atoms with Crippen molar-refractivity contribution in [3.05, 3.63) is 47.8 Å². The Labute approximate surface area is 127 Å². The van der Waals surface area contributed by atoms with Gasteiger partial charge in [-0.2, -0.15) is 5.10 Å². The lowest BCUT2D eigenvalue weighted by atomic mass is 10.0. The van der Waals surface area contributed by atoms with Crippen LogP contribution in [0.25, 0.3) is 0 Å². The molecule has 0 spiro atoms. The van der Waals surface area contributed by atoms with Crippen molar-refractivity contribution in [2.75, 3.05) is 25.5 Å².